The molecule has 4 aromatic rings. The molecule has 2 heterocycles. The first-order chi connectivity index (χ1) is 14.0. The molecule has 0 aliphatic rings. The number of carbonyl (C=O) groups excluding carboxylic acids is 1. The highest BCUT2D eigenvalue weighted by atomic mass is 35.5. The number of rotatable bonds is 4. The summed E-state index contributed by atoms with van der Waals surface area (Å²) in [6.07, 6.45) is 1.52. The monoisotopic (exact) mass is 406 g/mol. The van der Waals surface area contributed by atoms with Crippen molar-refractivity contribution >= 4 is 23.2 Å². The lowest BCUT2D eigenvalue weighted by atomic mass is 10.2. The summed E-state index contributed by atoms with van der Waals surface area (Å²) in [4.78, 5) is 31.3. The van der Waals surface area contributed by atoms with Gasteiger partial charge in [-0.05, 0) is 30.3 Å². The van der Waals surface area contributed by atoms with Crippen LogP contribution in [0.15, 0.2) is 77.7 Å². The molecule has 1 amide bonds. The first-order valence-electron chi connectivity index (χ1n) is 8.66. The van der Waals surface area contributed by atoms with Crippen molar-refractivity contribution in [2.75, 3.05) is 5.32 Å². The standard InChI is InChI=1S/C21H15ClN4O3/c22-15-12-14(24-19(27)16-8-4-5-11-23-16)9-10-17(15)26-20(28)18(25-21(26)29)13-6-2-1-3-7-13/h1-12,28H,(H,24,27)(H,25,29). The highest BCUT2D eigenvalue weighted by Crippen LogP contribution is 2.31. The predicted octanol–water partition coefficient (Wildman–Crippen LogP) is 3.84. The lowest BCUT2D eigenvalue weighted by Crippen LogP contribution is -2.16. The number of nitrogens with one attached hydrogen (secondary N) is 2. The first-order valence-corrected chi connectivity index (χ1v) is 9.04. The van der Waals surface area contributed by atoms with Gasteiger partial charge in [0.15, 0.2) is 0 Å². The number of hydrogen-bond donors (Lipinski definition) is 3. The predicted molar refractivity (Wildman–Crippen MR) is 111 cm³/mol. The molecule has 0 saturated heterocycles. The van der Waals surface area contributed by atoms with Crippen molar-refractivity contribution in [1.29, 1.82) is 0 Å². The molecule has 0 aliphatic heterocycles. The zero-order valence-corrected chi connectivity index (χ0v) is 15.7. The zero-order valence-electron chi connectivity index (χ0n) is 15.0. The van der Waals surface area contributed by atoms with Crippen LogP contribution in [0.5, 0.6) is 5.88 Å². The maximum Gasteiger partial charge on any atom is 0.333 e. The topological polar surface area (TPSA) is 100 Å². The SMILES string of the molecule is O=C(Nc1ccc(-n2c(O)c(-c3ccccc3)[nH]c2=O)c(Cl)c1)c1ccccn1. The van der Waals surface area contributed by atoms with Crippen LogP contribution in [0.25, 0.3) is 16.9 Å². The second kappa shape index (κ2) is 7.65. The lowest BCUT2D eigenvalue weighted by Gasteiger charge is -2.10. The van der Waals surface area contributed by atoms with Crippen LogP contribution in [0.1, 0.15) is 10.5 Å². The number of pyridine rings is 1. The Morgan fingerprint density at radius 2 is 1.83 bits per heavy atom. The van der Waals surface area contributed by atoms with E-state index in [9.17, 15) is 14.7 Å². The Labute approximate surface area is 170 Å². The van der Waals surface area contributed by atoms with E-state index in [2.05, 4.69) is 15.3 Å². The largest absolute Gasteiger partial charge is 0.493 e. The highest BCUT2D eigenvalue weighted by Gasteiger charge is 2.18. The number of anilines is 1. The van der Waals surface area contributed by atoms with Gasteiger partial charge >= 0.3 is 5.69 Å². The number of nitrogens with zero attached hydrogens (tertiary/aromatic N) is 2. The quantitative estimate of drug-likeness (QED) is 0.479. The van der Waals surface area contributed by atoms with E-state index in [1.165, 1.54) is 12.3 Å². The summed E-state index contributed by atoms with van der Waals surface area (Å²) in [5, 5.41) is 13.5. The van der Waals surface area contributed by atoms with Gasteiger partial charge in [-0.2, -0.15) is 0 Å². The van der Waals surface area contributed by atoms with Crippen LogP contribution in [0.4, 0.5) is 5.69 Å². The third-order valence-electron chi connectivity index (χ3n) is 4.28. The van der Waals surface area contributed by atoms with Crippen LogP contribution in [0, 0.1) is 0 Å². The van der Waals surface area contributed by atoms with E-state index in [0.717, 1.165) is 4.57 Å². The van der Waals surface area contributed by atoms with Crippen molar-refractivity contribution in [3.05, 3.63) is 94.1 Å². The maximum atomic E-state index is 12.4. The Morgan fingerprint density at radius 3 is 2.52 bits per heavy atom. The van der Waals surface area contributed by atoms with Crippen molar-refractivity contribution in [2.24, 2.45) is 0 Å². The van der Waals surface area contributed by atoms with Gasteiger partial charge in [0, 0.05) is 17.4 Å². The number of benzene rings is 2. The van der Waals surface area contributed by atoms with Gasteiger partial charge in [0.05, 0.1) is 10.7 Å². The molecule has 4 rings (SSSR count). The molecule has 0 atom stereocenters. The van der Waals surface area contributed by atoms with Gasteiger partial charge in [-0.1, -0.05) is 48.0 Å². The number of imidazole rings is 1. The number of aromatic amines is 1. The molecule has 2 aromatic heterocycles. The molecule has 2 aromatic carbocycles. The molecule has 0 bridgehead atoms. The molecule has 0 spiro atoms. The number of aromatic hydroxyl groups is 1. The Balaban J connectivity index is 1.66. The Kier molecular flexibility index (Phi) is 4.88. The molecule has 8 heteroatoms. The molecule has 144 valence electrons. The number of aromatic nitrogens is 3. The van der Waals surface area contributed by atoms with E-state index in [4.69, 9.17) is 11.6 Å². The summed E-state index contributed by atoms with van der Waals surface area (Å²) in [7, 11) is 0. The molecule has 29 heavy (non-hydrogen) atoms. The second-order valence-electron chi connectivity index (χ2n) is 6.17. The average Bonchev–Trinajstić information content (AvgIpc) is 3.04. The fourth-order valence-corrected chi connectivity index (χ4v) is 3.18. The fraction of sp³-hybridized carbons (Fsp3) is 0. The molecule has 7 nitrogen and oxygen atoms in total. The van der Waals surface area contributed by atoms with E-state index in [0.29, 0.717) is 16.9 Å². The van der Waals surface area contributed by atoms with Gasteiger partial charge in [0.25, 0.3) is 5.91 Å². The average molecular weight is 407 g/mol. The molecule has 0 radical (unpaired) electrons. The Hall–Kier alpha value is -3.84. The lowest BCUT2D eigenvalue weighted by molar-refractivity contribution is 0.102. The van der Waals surface area contributed by atoms with E-state index in [1.54, 1.807) is 54.6 Å². The molecule has 0 fully saturated rings. The second-order valence-corrected chi connectivity index (χ2v) is 6.57. The van der Waals surface area contributed by atoms with Gasteiger partial charge in [-0.15, -0.1) is 0 Å². The van der Waals surface area contributed by atoms with E-state index in [-0.39, 0.29) is 28.2 Å². The van der Waals surface area contributed by atoms with E-state index >= 15 is 0 Å². The van der Waals surface area contributed by atoms with Crippen LogP contribution < -0.4 is 11.0 Å². The number of hydrogen-bond acceptors (Lipinski definition) is 4. The molecular weight excluding hydrogens is 392 g/mol. The van der Waals surface area contributed by atoms with Crippen LogP contribution in [0.2, 0.25) is 5.02 Å². The molecule has 0 unspecified atom stereocenters. The van der Waals surface area contributed by atoms with Crippen LogP contribution in [0.3, 0.4) is 0 Å². The van der Waals surface area contributed by atoms with Gasteiger partial charge in [-0.25, -0.2) is 9.36 Å². The van der Waals surface area contributed by atoms with Crippen molar-refractivity contribution in [2.45, 2.75) is 0 Å². The Morgan fingerprint density at radius 1 is 1.07 bits per heavy atom. The van der Waals surface area contributed by atoms with Gasteiger partial charge < -0.3 is 15.4 Å². The summed E-state index contributed by atoms with van der Waals surface area (Å²) in [6, 6.07) is 18.6. The van der Waals surface area contributed by atoms with E-state index < -0.39 is 5.69 Å². The van der Waals surface area contributed by atoms with Crippen molar-refractivity contribution in [3.63, 3.8) is 0 Å². The normalized spacial score (nSPS) is 10.7. The zero-order chi connectivity index (χ0) is 20.4. The summed E-state index contributed by atoms with van der Waals surface area (Å²) in [5.74, 6) is -0.643. The summed E-state index contributed by atoms with van der Waals surface area (Å²) in [5.41, 5.74) is 1.40. The number of halogens is 1. The Bertz CT molecular complexity index is 1230. The van der Waals surface area contributed by atoms with Crippen LogP contribution in [-0.2, 0) is 0 Å². The minimum absolute atomic E-state index is 0.180. The summed E-state index contributed by atoms with van der Waals surface area (Å²) in [6.45, 7) is 0. The van der Waals surface area contributed by atoms with Gasteiger partial charge in [0.1, 0.15) is 11.4 Å². The van der Waals surface area contributed by atoms with Gasteiger partial charge in [0.2, 0.25) is 5.88 Å². The fourth-order valence-electron chi connectivity index (χ4n) is 2.91. The summed E-state index contributed by atoms with van der Waals surface area (Å²) < 4.78 is 1.08. The van der Waals surface area contributed by atoms with Crippen LogP contribution in [-0.4, -0.2) is 25.5 Å². The molecule has 3 N–H and O–H groups in total. The molecule has 0 saturated carbocycles. The van der Waals surface area contributed by atoms with E-state index in [1.807, 2.05) is 6.07 Å². The third-order valence-corrected chi connectivity index (χ3v) is 4.58. The highest BCUT2D eigenvalue weighted by molar-refractivity contribution is 6.32. The first kappa shape index (κ1) is 18.5. The van der Waals surface area contributed by atoms with Crippen molar-refractivity contribution in [3.8, 4) is 22.8 Å². The number of amides is 1. The third kappa shape index (κ3) is 3.63. The van der Waals surface area contributed by atoms with Gasteiger partial charge in [-0.3, -0.25) is 9.78 Å². The molecule has 0 aliphatic carbocycles. The number of H-pyrrole nitrogens is 1. The smallest absolute Gasteiger partial charge is 0.333 e. The minimum Gasteiger partial charge on any atom is -0.493 e. The van der Waals surface area contributed by atoms with Crippen molar-refractivity contribution < 1.29 is 9.90 Å². The number of carbonyl (C=O) groups is 1. The van der Waals surface area contributed by atoms with Crippen LogP contribution >= 0.6 is 11.6 Å². The van der Waals surface area contributed by atoms with Crippen molar-refractivity contribution in [1.82, 2.24) is 14.5 Å². The minimum atomic E-state index is -0.534. The molecular formula is C21H15ClN4O3. The summed E-state index contributed by atoms with van der Waals surface area (Å²) >= 11 is 6.34. The maximum absolute atomic E-state index is 12.4.